The lowest BCUT2D eigenvalue weighted by molar-refractivity contribution is -0.157. The number of hydrogen-bond donors (Lipinski definition) is 1. The number of alkyl halides is 3. The fraction of sp³-hybridized carbons (Fsp3) is 0.750. The monoisotopic (exact) mass is 142 g/mol. The molecule has 0 saturated heterocycles. The van der Waals surface area contributed by atoms with Gasteiger partial charge in [0, 0.05) is 6.92 Å². The van der Waals surface area contributed by atoms with Crippen LogP contribution >= 0.6 is 0 Å². The second-order valence-electron chi connectivity index (χ2n) is 1.66. The lowest BCUT2D eigenvalue weighted by Crippen LogP contribution is -2.33. The Balaban J connectivity index is 4.04. The van der Waals surface area contributed by atoms with Crippen molar-refractivity contribution in [1.82, 2.24) is 0 Å². The average molecular weight is 142 g/mol. The maximum absolute atomic E-state index is 11.7. The van der Waals surface area contributed by atoms with Crippen LogP contribution in [0.25, 0.3) is 0 Å². The Bertz CT molecular complexity index is 117. The Kier molecular flexibility index (Phi) is 2.06. The van der Waals surface area contributed by atoms with Crippen LogP contribution in [0.4, 0.5) is 13.2 Å². The SMILES string of the molecule is CC(F)(F)C(F)C(=O)O. The van der Waals surface area contributed by atoms with Crippen LogP contribution in [-0.4, -0.2) is 23.2 Å². The molecule has 0 fully saturated rings. The largest absolute Gasteiger partial charge is 0.479 e. The van der Waals surface area contributed by atoms with Gasteiger partial charge in [-0.2, -0.15) is 0 Å². The van der Waals surface area contributed by atoms with E-state index in [-0.39, 0.29) is 6.92 Å². The van der Waals surface area contributed by atoms with E-state index >= 15 is 0 Å². The average Bonchev–Trinajstić information content (AvgIpc) is 1.62. The van der Waals surface area contributed by atoms with E-state index in [1.165, 1.54) is 0 Å². The van der Waals surface area contributed by atoms with Gasteiger partial charge in [-0.1, -0.05) is 0 Å². The van der Waals surface area contributed by atoms with Gasteiger partial charge < -0.3 is 5.11 Å². The molecule has 0 amide bonds. The maximum Gasteiger partial charge on any atom is 0.344 e. The summed E-state index contributed by atoms with van der Waals surface area (Å²) in [6.45, 7) is 0.214. The molecule has 0 rings (SSSR count). The molecule has 0 aliphatic carbocycles. The molecule has 1 unspecified atom stereocenters. The minimum absolute atomic E-state index is 0.214. The summed E-state index contributed by atoms with van der Waals surface area (Å²) in [7, 11) is 0. The summed E-state index contributed by atoms with van der Waals surface area (Å²) >= 11 is 0. The van der Waals surface area contributed by atoms with Crippen molar-refractivity contribution in [1.29, 1.82) is 0 Å². The molecule has 54 valence electrons. The highest BCUT2D eigenvalue weighted by Crippen LogP contribution is 2.19. The first-order chi connectivity index (χ1) is 3.85. The molecular formula is C4H5F3O2. The highest BCUT2D eigenvalue weighted by molar-refractivity contribution is 5.73. The summed E-state index contributed by atoms with van der Waals surface area (Å²) in [5.41, 5.74) is 0. The van der Waals surface area contributed by atoms with Gasteiger partial charge in [-0.15, -0.1) is 0 Å². The number of carbonyl (C=O) groups is 1. The van der Waals surface area contributed by atoms with Crippen LogP contribution in [-0.2, 0) is 4.79 Å². The first-order valence-corrected chi connectivity index (χ1v) is 2.10. The van der Waals surface area contributed by atoms with Crippen molar-refractivity contribution in [3.8, 4) is 0 Å². The van der Waals surface area contributed by atoms with Gasteiger partial charge >= 0.3 is 5.97 Å². The number of hydrogen-bond acceptors (Lipinski definition) is 1. The summed E-state index contributed by atoms with van der Waals surface area (Å²) in [5.74, 6) is -5.92. The molecule has 1 N–H and O–H groups in total. The van der Waals surface area contributed by atoms with Gasteiger partial charge in [-0.25, -0.2) is 18.0 Å². The van der Waals surface area contributed by atoms with Crippen LogP contribution in [0.2, 0.25) is 0 Å². The molecule has 5 heteroatoms. The van der Waals surface area contributed by atoms with Gasteiger partial charge in [0.05, 0.1) is 0 Å². The third-order valence-corrected chi connectivity index (χ3v) is 0.662. The van der Waals surface area contributed by atoms with Crippen molar-refractivity contribution < 1.29 is 23.1 Å². The zero-order valence-electron chi connectivity index (χ0n) is 4.57. The van der Waals surface area contributed by atoms with Crippen LogP contribution in [0.1, 0.15) is 6.92 Å². The van der Waals surface area contributed by atoms with Crippen molar-refractivity contribution in [3.05, 3.63) is 0 Å². The summed E-state index contributed by atoms with van der Waals surface area (Å²) in [4.78, 5) is 9.49. The summed E-state index contributed by atoms with van der Waals surface area (Å²) in [6, 6.07) is 0. The van der Waals surface area contributed by atoms with E-state index in [9.17, 15) is 18.0 Å². The van der Waals surface area contributed by atoms with Gasteiger partial charge in [-0.05, 0) is 0 Å². The predicted molar refractivity (Wildman–Crippen MR) is 23.2 cm³/mol. The number of halogens is 3. The third-order valence-electron chi connectivity index (χ3n) is 0.662. The maximum atomic E-state index is 11.7. The Labute approximate surface area is 49.3 Å². The molecule has 0 aromatic heterocycles. The predicted octanol–water partition coefficient (Wildman–Crippen LogP) is 1.06. The second-order valence-corrected chi connectivity index (χ2v) is 1.66. The highest BCUT2D eigenvalue weighted by Gasteiger charge is 2.40. The smallest absolute Gasteiger partial charge is 0.344 e. The standard InChI is InChI=1S/C4H5F3O2/c1-4(6,7)2(5)3(8)9/h2H,1H3,(H,8,9). The Morgan fingerprint density at radius 1 is 1.67 bits per heavy atom. The molecule has 0 aliphatic heterocycles. The van der Waals surface area contributed by atoms with Crippen LogP contribution in [0.15, 0.2) is 0 Å². The topological polar surface area (TPSA) is 37.3 Å². The summed E-state index contributed by atoms with van der Waals surface area (Å²) in [6.07, 6.45) is -3.10. The zero-order chi connectivity index (χ0) is 7.65. The van der Waals surface area contributed by atoms with E-state index < -0.39 is 18.1 Å². The molecule has 0 spiro atoms. The fourth-order valence-electron chi connectivity index (χ4n) is 0.217. The van der Waals surface area contributed by atoms with E-state index in [1.807, 2.05) is 0 Å². The van der Waals surface area contributed by atoms with Gasteiger partial charge in [0.25, 0.3) is 12.1 Å². The highest BCUT2D eigenvalue weighted by atomic mass is 19.3. The van der Waals surface area contributed by atoms with Gasteiger partial charge in [0.15, 0.2) is 0 Å². The second kappa shape index (κ2) is 2.24. The quantitative estimate of drug-likeness (QED) is 0.625. The molecule has 1 atom stereocenters. The van der Waals surface area contributed by atoms with Crippen molar-refractivity contribution in [2.45, 2.75) is 19.0 Å². The first-order valence-electron chi connectivity index (χ1n) is 2.10. The lowest BCUT2D eigenvalue weighted by Gasteiger charge is -2.10. The van der Waals surface area contributed by atoms with Crippen LogP contribution < -0.4 is 0 Å². The lowest BCUT2D eigenvalue weighted by atomic mass is 10.2. The number of carboxylic acid groups (broad SMARTS) is 1. The Morgan fingerprint density at radius 2 is 2.00 bits per heavy atom. The molecule has 0 bridgehead atoms. The van der Waals surface area contributed by atoms with Crippen molar-refractivity contribution >= 4 is 5.97 Å². The number of carboxylic acids is 1. The number of aliphatic carboxylic acids is 1. The van der Waals surface area contributed by atoms with E-state index in [0.29, 0.717) is 0 Å². The third kappa shape index (κ3) is 2.34. The Hall–Kier alpha value is -0.740. The molecule has 0 aliphatic rings. The van der Waals surface area contributed by atoms with E-state index in [4.69, 9.17) is 5.11 Å². The van der Waals surface area contributed by atoms with Crippen molar-refractivity contribution in [3.63, 3.8) is 0 Å². The summed E-state index contributed by atoms with van der Waals surface area (Å²) < 4.78 is 34.9. The van der Waals surface area contributed by atoms with E-state index in [0.717, 1.165) is 0 Å². The molecule has 2 nitrogen and oxygen atoms in total. The Morgan fingerprint density at radius 3 is 2.00 bits per heavy atom. The van der Waals surface area contributed by atoms with Crippen LogP contribution in [0.3, 0.4) is 0 Å². The van der Waals surface area contributed by atoms with Gasteiger partial charge in [0.2, 0.25) is 0 Å². The van der Waals surface area contributed by atoms with E-state index in [2.05, 4.69) is 0 Å². The van der Waals surface area contributed by atoms with Gasteiger partial charge in [0.1, 0.15) is 0 Å². The van der Waals surface area contributed by atoms with Crippen molar-refractivity contribution in [2.24, 2.45) is 0 Å². The zero-order valence-corrected chi connectivity index (χ0v) is 4.57. The fourth-order valence-corrected chi connectivity index (χ4v) is 0.217. The molecule has 0 aromatic rings. The molecular weight excluding hydrogens is 137 g/mol. The summed E-state index contributed by atoms with van der Waals surface area (Å²) in [5, 5.41) is 7.66. The molecule has 9 heavy (non-hydrogen) atoms. The minimum Gasteiger partial charge on any atom is -0.479 e. The minimum atomic E-state index is -3.79. The van der Waals surface area contributed by atoms with Crippen LogP contribution in [0, 0.1) is 0 Å². The number of rotatable bonds is 2. The molecule has 0 saturated carbocycles. The molecule has 0 aromatic carbocycles. The normalized spacial score (nSPS) is 15.1. The molecule has 0 heterocycles. The van der Waals surface area contributed by atoms with E-state index in [1.54, 1.807) is 0 Å². The van der Waals surface area contributed by atoms with Crippen LogP contribution in [0.5, 0.6) is 0 Å². The molecule has 0 radical (unpaired) electrons. The first kappa shape index (κ1) is 8.26. The van der Waals surface area contributed by atoms with Crippen molar-refractivity contribution in [2.75, 3.05) is 0 Å². The van der Waals surface area contributed by atoms with Gasteiger partial charge in [-0.3, -0.25) is 0 Å².